The molecule has 1 saturated heterocycles. The first-order valence-corrected chi connectivity index (χ1v) is 14.3. The van der Waals surface area contributed by atoms with Crippen molar-refractivity contribution >= 4 is 26.9 Å². The van der Waals surface area contributed by atoms with Gasteiger partial charge >= 0.3 is 5.97 Å². The number of hydrogen-bond donors (Lipinski definition) is 1. The minimum Gasteiger partial charge on any atom is -0.491 e. The highest BCUT2D eigenvalue weighted by atomic mass is 32.2. The molecule has 0 amide bonds. The molecule has 0 radical (unpaired) electrons. The van der Waals surface area contributed by atoms with E-state index in [9.17, 15) is 22.7 Å². The zero-order valence-corrected chi connectivity index (χ0v) is 22.2. The van der Waals surface area contributed by atoms with Crippen LogP contribution in [0.2, 0.25) is 0 Å². The van der Waals surface area contributed by atoms with Crippen molar-refractivity contribution in [3.8, 4) is 11.1 Å². The van der Waals surface area contributed by atoms with Crippen molar-refractivity contribution in [2.24, 2.45) is 0 Å². The smallest absolute Gasteiger partial charge is 0.323 e. The molecule has 2 heterocycles. The fraction of sp³-hybridized carbons (Fsp3) is 0.345. The molecule has 38 heavy (non-hydrogen) atoms. The van der Waals surface area contributed by atoms with E-state index in [2.05, 4.69) is 0 Å². The molecule has 1 N–H and O–H groups in total. The van der Waals surface area contributed by atoms with Crippen molar-refractivity contribution in [1.82, 2.24) is 8.87 Å². The van der Waals surface area contributed by atoms with Crippen LogP contribution in [-0.4, -0.2) is 52.8 Å². The van der Waals surface area contributed by atoms with Gasteiger partial charge in [0.05, 0.1) is 11.4 Å². The number of ether oxygens (including phenoxy) is 1. The maximum Gasteiger partial charge on any atom is 0.323 e. The lowest BCUT2D eigenvalue weighted by Crippen LogP contribution is -2.36. The van der Waals surface area contributed by atoms with E-state index in [1.165, 1.54) is 12.1 Å². The third-order valence-electron chi connectivity index (χ3n) is 7.13. The van der Waals surface area contributed by atoms with Crippen molar-refractivity contribution in [3.05, 3.63) is 84.0 Å². The lowest BCUT2D eigenvalue weighted by atomic mass is 9.96. The van der Waals surface area contributed by atoms with Crippen LogP contribution in [0.1, 0.15) is 38.2 Å². The topological polar surface area (TPSA) is 88.8 Å². The summed E-state index contributed by atoms with van der Waals surface area (Å²) in [6.07, 6.45) is 8.15. The molecule has 200 valence electrons. The van der Waals surface area contributed by atoms with Crippen LogP contribution >= 0.6 is 0 Å². The number of sulfonamides is 1. The predicted octanol–water partition coefficient (Wildman–Crippen LogP) is 5.29. The highest BCUT2D eigenvalue weighted by molar-refractivity contribution is 7.89. The van der Waals surface area contributed by atoms with Crippen molar-refractivity contribution in [3.63, 3.8) is 0 Å². The zero-order valence-electron chi connectivity index (χ0n) is 21.4. The number of hydrogen-bond acceptors (Lipinski definition) is 4. The third kappa shape index (κ3) is 5.26. The summed E-state index contributed by atoms with van der Waals surface area (Å²) in [6.45, 7) is 4.41. The van der Waals surface area contributed by atoms with Crippen LogP contribution < -0.4 is 0 Å². The Kier molecular flexibility index (Phi) is 7.15. The summed E-state index contributed by atoms with van der Waals surface area (Å²) in [6, 6.07) is 12.0. The number of aromatic nitrogens is 1. The van der Waals surface area contributed by atoms with Gasteiger partial charge in [-0.2, -0.15) is 0 Å². The number of carbonyl (C=O) groups is 1. The van der Waals surface area contributed by atoms with Gasteiger partial charge in [0, 0.05) is 36.1 Å². The zero-order chi connectivity index (χ0) is 27.0. The number of carboxylic acids is 1. The molecule has 1 fully saturated rings. The third-order valence-corrected chi connectivity index (χ3v) is 9.29. The summed E-state index contributed by atoms with van der Waals surface area (Å²) >= 11 is 0. The maximum absolute atomic E-state index is 13.4. The monoisotopic (exact) mass is 538 g/mol. The predicted molar refractivity (Wildman–Crippen MR) is 145 cm³/mol. The summed E-state index contributed by atoms with van der Waals surface area (Å²) in [4.78, 5) is 11.6. The fourth-order valence-corrected chi connectivity index (χ4v) is 7.06. The van der Waals surface area contributed by atoms with Crippen molar-refractivity contribution in [1.29, 1.82) is 0 Å². The summed E-state index contributed by atoms with van der Waals surface area (Å²) in [5.74, 6) is -0.649. The number of benzene rings is 2. The average molecular weight is 539 g/mol. The number of allylic oxidation sites excluding steroid dienone is 2. The van der Waals surface area contributed by atoms with E-state index in [1.54, 1.807) is 33.2 Å². The lowest BCUT2D eigenvalue weighted by molar-refractivity contribution is -0.137. The molecule has 2 atom stereocenters. The summed E-state index contributed by atoms with van der Waals surface area (Å²) in [7, 11) is -3.55. The summed E-state index contributed by atoms with van der Waals surface area (Å²) in [5.41, 5.74) is 3.37. The Morgan fingerprint density at radius 3 is 2.55 bits per heavy atom. The van der Waals surface area contributed by atoms with Gasteiger partial charge in [0.1, 0.15) is 18.1 Å². The van der Waals surface area contributed by atoms with E-state index >= 15 is 0 Å². The van der Waals surface area contributed by atoms with Crippen molar-refractivity contribution in [2.75, 3.05) is 13.1 Å². The van der Waals surface area contributed by atoms with Gasteiger partial charge in [0.15, 0.2) is 0 Å². The Morgan fingerprint density at radius 2 is 1.89 bits per heavy atom. The van der Waals surface area contributed by atoms with E-state index in [4.69, 9.17) is 4.74 Å². The van der Waals surface area contributed by atoms with Crippen LogP contribution in [0.3, 0.4) is 0 Å². The summed E-state index contributed by atoms with van der Waals surface area (Å²) in [5, 5.41) is 9.78. The second kappa shape index (κ2) is 10.4. The number of aliphatic carboxylic acids is 1. The molecule has 5 rings (SSSR count). The van der Waals surface area contributed by atoms with Crippen molar-refractivity contribution < 1.29 is 27.4 Å². The first-order chi connectivity index (χ1) is 18.1. The van der Waals surface area contributed by atoms with Crippen LogP contribution in [0.5, 0.6) is 0 Å². The van der Waals surface area contributed by atoms with Gasteiger partial charge in [-0.3, -0.25) is 4.79 Å². The lowest BCUT2D eigenvalue weighted by Gasteiger charge is -2.24. The molecule has 1 aliphatic carbocycles. The molecular formula is C29H31FN2O5S. The molecule has 0 saturated carbocycles. The largest absolute Gasteiger partial charge is 0.491 e. The molecule has 1 aliphatic heterocycles. The van der Waals surface area contributed by atoms with Crippen LogP contribution in [0.25, 0.3) is 22.0 Å². The van der Waals surface area contributed by atoms with Gasteiger partial charge in [0.2, 0.25) is 10.0 Å². The van der Waals surface area contributed by atoms with Gasteiger partial charge in [-0.1, -0.05) is 30.3 Å². The fourth-order valence-electron chi connectivity index (χ4n) is 5.31. The highest BCUT2D eigenvalue weighted by Gasteiger charge is 2.37. The van der Waals surface area contributed by atoms with Crippen LogP contribution in [0.15, 0.2) is 72.6 Å². The SMILES string of the molecule is CC(C)OC1=CCC(S(=O)(=O)N2CCC(c3cn(CC(=O)O)c4cc(-c5ccc(F)cc5)ccc34)C2)C=C1. The second-order valence-electron chi connectivity index (χ2n) is 10.1. The molecule has 7 nitrogen and oxygen atoms in total. The Hall–Kier alpha value is -3.43. The van der Waals surface area contributed by atoms with Crippen LogP contribution in [0.4, 0.5) is 4.39 Å². The first-order valence-electron chi connectivity index (χ1n) is 12.8. The molecule has 1 aromatic heterocycles. The van der Waals surface area contributed by atoms with Crippen molar-refractivity contribution in [2.45, 2.75) is 50.5 Å². The standard InChI is InChI=1S/C29H31FN2O5S/c1-19(2)37-24-8-10-25(11-9-24)38(35,36)32-14-13-22(16-32)27-17-31(18-29(33)34)28-15-21(5-12-26(27)28)20-3-6-23(30)7-4-20/h3-10,12,15,17,19,22,25H,11,13-14,16,18H2,1-2H3,(H,33,34). The molecule has 0 bridgehead atoms. The Bertz CT molecular complexity index is 1520. The van der Waals surface area contributed by atoms with E-state index < -0.39 is 21.2 Å². The number of carboxylic acid groups (broad SMARTS) is 1. The average Bonchev–Trinajstić information content (AvgIpc) is 3.50. The minimum absolute atomic E-state index is 0.0217. The Morgan fingerprint density at radius 1 is 1.16 bits per heavy atom. The molecule has 3 aromatic rings. The summed E-state index contributed by atoms with van der Waals surface area (Å²) < 4.78 is 49.2. The molecule has 2 aromatic carbocycles. The van der Waals surface area contributed by atoms with Crippen LogP contribution in [-0.2, 0) is 26.1 Å². The molecular weight excluding hydrogens is 507 g/mol. The van der Waals surface area contributed by atoms with Gasteiger partial charge in [-0.25, -0.2) is 17.1 Å². The number of halogens is 1. The normalized spacial score (nSPS) is 20.3. The number of nitrogens with zero attached hydrogens (tertiary/aromatic N) is 2. The van der Waals surface area contributed by atoms with E-state index in [1.807, 2.05) is 44.3 Å². The number of rotatable bonds is 8. The van der Waals surface area contributed by atoms with Gasteiger partial charge in [-0.15, -0.1) is 0 Å². The molecule has 0 spiro atoms. The van der Waals surface area contributed by atoms with Gasteiger partial charge < -0.3 is 14.4 Å². The maximum atomic E-state index is 13.4. The molecule has 2 aliphatic rings. The van der Waals surface area contributed by atoms with E-state index in [0.29, 0.717) is 31.7 Å². The molecule has 2 unspecified atom stereocenters. The Labute approximate surface area is 221 Å². The van der Waals surface area contributed by atoms with Gasteiger partial charge in [-0.05, 0) is 73.7 Å². The van der Waals surface area contributed by atoms with E-state index in [0.717, 1.165) is 27.6 Å². The van der Waals surface area contributed by atoms with Gasteiger partial charge in [0.25, 0.3) is 0 Å². The quantitative estimate of drug-likeness (QED) is 0.421. The minimum atomic E-state index is -3.55. The van der Waals surface area contributed by atoms with Crippen LogP contribution in [0, 0.1) is 5.82 Å². The highest BCUT2D eigenvalue weighted by Crippen LogP contribution is 2.37. The molecule has 9 heteroatoms. The second-order valence-corrected chi connectivity index (χ2v) is 12.3. The first kappa shape index (κ1) is 26.2. The number of fused-ring (bicyclic) bond motifs is 1. The Balaban J connectivity index is 1.40. The van der Waals surface area contributed by atoms with E-state index in [-0.39, 0.29) is 24.4 Å².